The highest BCUT2D eigenvalue weighted by Gasteiger charge is 2.28. The van der Waals surface area contributed by atoms with Crippen LogP contribution < -0.4 is 10.9 Å². The molecule has 30 heavy (non-hydrogen) atoms. The zero-order chi connectivity index (χ0) is 20.7. The van der Waals surface area contributed by atoms with E-state index < -0.39 is 0 Å². The normalized spacial score (nSPS) is 22.0. The number of H-pyrrole nitrogens is 1. The van der Waals surface area contributed by atoms with E-state index in [0.29, 0.717) is 16.3 Å². The van der Waals surface area contributed by atoms with Gasteiger partial charge in [-0.1, -0.05) is 18.2 Å². The molecule has 3 aromatic rings. The molecule has 0 atom stereocenters. The first-order valence-corrected chi connectivity index (χ1v) is 11.4. The van der Waals surface area contributed by atoms with Crippen LogP contribution in [0.1, 0.15) is 57.7 Å². The molecule has 1 aromatic carbocycles. The van der Waals surface area contributed by atoms with E-state index in [2.05, 4.69) is 32.4 Å². The molecule has 0 saturated heterocycles. The van der Waals surface area contributed by atoms with Crippen molar-refractivity contribution in [3.05, 3.63) is 55.9 Å². The minimum Gasteiger partial charge on any atom is -0.347 e. The standard InChI is InChI=1S/C22H25N5O2S/c1-27-11-10-17-18(12-27)30-22(24-17)21(29)23-14-8-6-13(7-9-14)19-15-4-2-3-5-16(15)20(28)26-25-19/h2-5,13-14H,6-12H2,1H3,(H,23,29)(H,26,28). The van der Waals surface area contributed by atoms with Crippen LogP contribution in [0, 0.1) is 0 Å². The maximum atomic E-state index is 12.7. The van der Waals surface area contributed by atoms with Gasteiger partial charge >= 0.3 is 0 Å². The summed E-state index contributed by atoms with van der Waals surface area (Å²) in [4.78, 5) is 32.9. The quantitative estimate of drug-likeness (QED) is 0.676. The fraction of sp³-hybridized carbons (Fsp3) is 0.455. The third kappa shape index (κ3) is 3.65. The van der Waals surface area contributed by atoms with Crippen LogP contribution in [0.15, 0.2) is 29.1 Å². The monoisotopic (exact) mass is 423 g/mol. The fourth-order valence-electron chi connectivity index (χ4n) is 4.63. The number of thiazole rings is 1. The van der Waals surface area contributed by atoms with Crippen LogP contribution >= 0.6 is 11.3 Å². The van der Waals surface area contributed by atoms with Gasteiger partial charge in [0.1, 0.15) is 0 Å². The number of likely N-dealkylation sites (N-methyl/N-ethyl adjacent to an activating group) is 1. The Morgan fingerprint density at radius 1 is 1.20 bits per heavy atom. The molecular weight excluding hydrogens is 398 g/mol. The van der Waals surface area contributed by atoms with Gasteiger partial charge in [-0.05, 0) is 38.8 Å². The summed E-state index contributed by atoms with van der Waals surface area (Å²) in [5, 5.41) is 12.4. The number of rotatable bonds is 3. The van der Waals surface area contributed by atoms with Gasteiger partial charge in [0.25, 0.3) is 11.5 Å². The van der Waals surface area contributed by atoms with Crippen molar-refractivity contribution in [2.45, 2.75) is 50.6 Å². The molecule has 1 aliphatic carbocycles. The molecule has 7 nitrogen and oxygen atoms in total. The van der Waals surface area contributed by atoms with E-state index in [1.54, 1.807) is 0 Å². The van der Waals surface area contributed by atoms with Crippen molar-refractivity contribution in [2.75, 3.05) is 13.6 Å². The maximum Gasteiger partial charge on any atom is 0.280 e. The van der Waals surface area contributed by atoms with E-state index >= 15 is 0 Å². The molecule has 0 spiro atoms. The highest BCUT2D eigenvalue weighted by Crippen LogP contribution is 2.34. The number of hydrogen-bond acceptors (Lipinski definition) is 6. The number of aromatic amines is 1. The van der Waals surface area contributed by atoms with Crippen LogP contribution in [0.4, 0.5) is 0 Å². The SMILES string of the molecule is CN1CCc2nc(C(=O)NC3CCC(c4n[nH]c(=O)c5ccccc45)CC3)sc2C1. The molecule has 0 unspecified atom stereocenters. The molecule has 3 heterocycles. The number of aromatic nitrogens is 3. The molecule has 0 radical (unpaired) electrons. The highest BCUT2D eigenvalue weighted by molar-refractivity contribution is 7.13. The lowest BCUT2D eigenvalue weighted by Gasteiger charge is -2.28. The molecule has 5 rings (SSSR count). The summed E-state index contributed by atoms with van der Waals surface area (Å²) in [5.74, 6) is 0.246. The second kappa shape index (κ2) is 7.92. The van der Waals surface area contributed by atoms with Gasteiger partial charge < -0.3 is 10.2 Å². The number of hydrogen-bond donors (Lipinski definition) is 2. The number of nitrogens with zero attached hydrogens (tertiary/aromatic N) is 3. The first-order valence-electron chi connectivity index (χ1n) is 10.5. The van der Waals surface area contributed by atoms with Crippen LogP contribution in [0.2, 0.25) is 0 Å². The predicted molar refractivity (Wildman–Crippen MR) is 117 cm³/mol. The summed E-state index contributed by atoms with van der Waals surface area (Å²) in [6, 6.07) is 7.80. The highest BCUT2D eigenvalue weighted by atomic mass is 32.1. The second-order valence-electron chi connectivity index (χ2n) is 8.38. The first-order chi connectivity index (χ1) is 14.6. The van der Waals surface area contributed by atoms with Crippen molar-refractivity contribution in [3.8, 4) is 0 Å². The third-order valence-corrected chi connectivity index (χ3v) is 7.37. The smallest absolute Gasteiger partial charge is 0.280 e. The zero-order valence-corrected chi connectivity index (χ0v) is 17.8. The Labute approximate surface area is 178 Å². The molecule has 1 aliphatic heterocycles. The largest absolute Gasteiger partial charge is 0.347 e. The van der Waals surface area contributed by atoms with Gasteiger partial charge in [0.05, 0.1) is 16.8 Å². The van der Waals surface area contributed by atoms with E-state index in [4.69, 9.17) is 0 Å². The minimum absolute atomic E-state index is 0.0480. The first kappa shape index (κ1) is 19.4. The van der Waals surface area contributed by atoms with E-state index in [1.807, 2.05) is 24.3 Å². The van der Waals surface area contributed by atoms with Gasteiger partial charge in [-0.2, -0.15) is 5.10 Å². The average Bonchev–Trinajstić information content (AvgIpc) is 3.18. The summed E-state index contributed by atoms with van der Waals surface area (Å²) in [5.41, 5.74) is 1.90. The second-order valence-corrected chi connectivity index (χ2v) is 9.47. The Kier molecular flexibility index (Phi) is 5.12. The zero-order valence-electron chi connectivity index (χ0n) is 17.0. The molecule has 2 N–H and O–H groups in total. The lowest BCUT2D eigenvalue weighted by atomic mass is 9.82. The molecule has 1 saturated carbocycles. The average molecular weight is 424 g/mol. The van der Waals surface area contributed by atoms with Crippen molar-refractivity contribution in [3.63, 3.8) is 0 Å². The molecule has 156 valence electrons. The van der Waals surface area contributed by atoms with Crippen molar-refractivity contribution in [1.29, 1.82) is 0 Å². The lowest BCUT2D eigenvalue weighted by molar-refractivity contribution is 0.0925. The minimum atomic E-state index is -0.146. The maximum absolute atomic E-state index is 12.7. The Morgan fingerprint density at radius 3 is 2.77 bits per heavy atom. The molecule has 0 bridgehead atoms. The van der Waals surface area contributed by atoms with Gasteiger partial charge in [-0.25, -0.2) is 10.1 Å². The van der Waals surface area contributed by atoms with Crippen LogP contribution in [0.25, 0.3) is 10.8 Å². The molecule has 1 amide bonds. The summed E-state index contributed by atoms with van der Waals surface area (Å²) >= 11 is 1.53. The van der Waals surface area contributed by atoms with E-state index in [1.165, 1.54) is 16.2 Å². The Bertz CT molecular complexity index is 1150. The summed E-state index contributed by atoms with van der Waals surface area (Å²) in [7, 11) is 2.10. The Balaban J connectivity index is 1.24. The van der Waals surface area contributed by atoms with Crippen molar-refractivity contribution >= 4 is 28.0 Å². The number of nitrogens with one attached hydrogen (secondary N) is 2. The Hall–Kier alpha value is -2.58. The van der Waals surface area contributed by atoms with Crippen molar-refractivity contribution < 1.29 is 4.79 Å². The summed E-state index contributed by atoms with van der Waals surface area (Å²) in [6.07, 6.45) is 4.60. The fourth-order valence-corrected chi connectivity index (χ4v) is 5.72. The Morgan fingerprint density at radius 2 is 1.97 bits per heavy atom. The van der Waals surface area contributed by atoms with Gasteiger partial charge in [0, 0.05) is 41.7 Å². The number of amides is 1. The van der Waals surface area contributed by atoms with Gasteiger partial charge in [-0.15, -0.1) is 11.3 Å². The molecule has 2 aliphatic rings. The third-order valence-electron chi connectivity index (χ3n) is 6.29. The lowest BCUT2D eigenvalue weighted by Crippen LogP contribution is -2.37. The van der Waals surface area contributed by atoms with Gasteiger partial charge in [0.2, 0.25) is 0 Å². The van der Waals surface area contributed by atoms with E-state index in [-0.39, 0.29) is 17.5 Å². The topological polar surface area (TPSA) is 91.0 Å². The van der Waals surface area contributed by atoms with E-state index in [0.717, 1.165) is 62.0 Å². The van der Waals surface area contributed by atoms with Gasteiger partial charge in [0.15, 0.2) is 5.01 Å². The van der Waals surface area contributed by atoms with Crippen molar-refractivity contribution in [2.24, 2.45) is 0 Å². The van der Waals surface area contributed by atoms with E-state index in [9.17, 15) is 9.59 Å². The number of fused-ring (bicyclic) bond motifs is 2. The van der Waals surface area contributed by atoms with Crippen LogP contribution in [-0.2, 0) is 13.0 Å². The molecule has 2 aromatic heterocycles. The summed E-state index contributed by atoms with van der Waals surface area (Å²) < 4.78 is 0. The molecule has 8 heteroatoms. The van der Waals surface area contributed by atoms with Crippen LogP contribution in [-0.4, -0.2) is 45.6 Å². The number of carbonyl (C=O) groups excluding carboxylic acids is 1. The van der Waals surface area contributed by atoms with Crippen molar-refractivity contribution in [1.82, 2.24) is 25.4 Å². The predicted octanol–water partition coefficient (Wildman–Crippen LogP) is 2.82. The van der Waals surface area contributed by atoms with Crippen LogP contribution in [0.3, 0.4) is 0 Å². The number of benzene rings is 1. The number of carbonyl (C=O) groups is 1. The molecule has 1 fully saturated rings. The summed E-state index contributed by atoms with van der Waals surface area (Å²) in [6.45, 7) is 1.88. The van der Waals surface area contributed by atoms with Crippen LogP contribution in [0.5, 0.6) is 0 Å². The van der Waals surface area contributed by atoms with Gasteiger partial charge in [-0.3, -0.25) is 9.59 Å². The molecular formula is C22H25N5O2S.